The zero-order valence-electron chi connectivity index (χ0n) is 12.5. The average Bonchev–Trinajstić information content (AvgIpc) is 2.35. The Bertz CT molecular complexity index is 380. The number of nitrogens with one attached hydrogen (secondary N) is 1. The van der Waals surface area contributed by atoms with E-state index in [9.17, 15) is 0 Å². The van der Waals surface area contributed by atoms with E-state index < -0.39 is 0 Å². The minimum absolute atomic E-state index is 0.0121. The Morgan fingerprint density at radius 3 is 2.21 bits per heavy atom. The number of rotatable bonds is 7. The minimum Gasteiger partial charge on any atom is -0.491 e. The third kappa shape index (κ3) is 4.20. The van der Waals surface area contributed by atoms with Crippen molar-refractivity contribution in [3.8, 4) is 5.75 Å². The van der Waals surface area contributed by atoms with Crippen molar-refractivity contribution < 1.29 is 9.47 Å². The Balaban J connectivity index is 3.10. The maximum Gasteiger partial charge on any atom is 0.124 e. The first kappa shape index (κ1) is 16.0. The van der Waals surface area contributed by atoms with E-state index in [1.807, 2.05) is 38.1 Å². The van der Waals surface area contributed by atoms with Gasteiger partial charge < -0.3 is 9.47 Å². The molecule has 0 radical (unpaired) electrons. The Morgan fingerprint density at radius 1 is 1.11 bits per heavy atom. The van der Waals surface area contributed by atoms with E-state index in [2.05, 4.69) is 19.3 Å². The van der Waals surface area contributed by atoms with Crippen molar-refractivity contribution in [2.24, 2.45) is 11.8 Å². The van der Waals surface area contributed by atoms with Crippen LogP contribution >= 0.6 is 0 Å². The lowest BCUT2D eigenvalue weighted by atomic mass is 9.93. The molecule has 108 valence electrons. The number of ether oxygens (including phenoxy) is 2. The van der Waals surface area contributed by atoms with Gasteiger partial charge in [0.15, 0.2) is 0 Å². The molecular weight excluding hydrogens is 240 g/mol. The molecule has 0 aromatic heterocycles. The van der Waals surface area contributed by atoms with Crippen LogP contribution in [0.25, 0.3) is 0 Å². The summed E-state index contributed by atoms with van der Waals surface area (Å²) in [6.45, 7) is 8.25. The molecule has 2 atom stereocenters. The van der Waals surface area contributed by atoms with E-state index in [0.717, 1.165) is 11.3 Å². The highest BCUT2D eigenvalue weighted by molar-refractivity contribution is 5.36. The second-order valence-corrected chi connectivity index (χ2v) is 5.29. The van der Waals surface area contributed by atoms with Crippen molar-refractivity contribution in [2.75, 3.05) is 7.11 Å². The van der Waals surface area contributed by atoms with Crippen LogP contribution in [0.15, 0.2) is 24.3 Å². The molecule has 0 fully saturated rings. The summed E-state index contributed by atoms with van der Waals surface area (Å²) in [6, 6.07) is 7.84. The van der Waals surface area contributed by atoms with Crippen molar-refractivity contribution in [1.82, 2.24) is 5.43 Å². The van der Waals surface area contributed by atoms with Gasteiger partial charge in [0.2, 0.25) is 0 Å². The smallest absolute Gasteiger partial charge is 0.124 e. The molecule has 19 heavy (non-hydrogen) atoms. The second kappa shape index (κ2) is 7.48. The van der Waals surface area contributed by atoms with Crippen molar-refractivity contribution in [2.45, 2.75) is 45.9 Å². The highest BCUT2D eigenvalue weighted by Crippen LogP contribution is 2.31. The molecule has 0 heterocycles. The Kier molecular flexibility index (Phi) is 6.28. The first-order chi connectivity index (χ1) is 9.01. The summed E-state index contributed by atoms with van der Waals surface area (Å²) in [7, 11) is 1.71. The van der Waals surface area contributed by atoms with E-state index in [0.29, 0.717) is 5.92 Å². The molecule has 0 aliphatic carbocycles. The summed E-state index contributed by atoms with van der Waals surface area (Å²) < 4.78 is 11.4. The largest absolute Gasteiger partial charge is 0.491 e. The lowest BCUT2D eigenvalue weighted by molar-refractivity contribution is 0.0315. The molecule has 0 saturated heterocycles. The molecule has 1 rings (SSSR count). The number of para-hydroxylation sites is 1. The van der Waals surface area contributed by atoms with Crippen LogP contribution in [0.5, 0.6) is 5.75 Å². The monoisotopic (exact) mass is 266 g/mol. The van der Waals surface area contributed by atoms with Gasteiger partial charge in [0.05, 0.1) is 18.2 Å². The maximum absolute atomic E-state index is 5.85. The molecule has 0 aliphatic rings. The third-order valence-electron chi connectivity index (χ3n) is 3.05. The van der Waals surface area contributed by atoms with E-state index in [1.165, 1.54) is 0 Å². The molecule has 0 bridgehead atoms. The Morgan fingerprint density at radius 2 is 1.74 bits per heavy atom. The fraction of sp³-hybridized carbons (Fsp3) is 0.600. The van der Waals surface area contributed by atoms with Crippen molar-refractivity contribution in [3.63, 3.8) is 0 Å². The third-order valence-corrected chi connectivity index (χ3v) is 3.05. The molecule has 0 amide bonds. The number of benzene rings is 1. The van der Waals surface area contributed by atoms with E-state index >= 15 is 0 Å². The summed E-state index contributed by atoms with van der Waals surface area (Å²) >= 11 is 0. The van der Waals surface area contributed by atoms with Gasteiger partial charge in [-0.15, -0.1) is 0 Å². The van der Waals surface area contributed by atoms with Gasteiger partial charge >= 0.3 is 0 Å². The summed E-state index contributed by atoms with van der Waals surface area (Å²) in [5.41, 5.74) is 3.89. The van der Waals surface area contributed by atoms with Gasteiger partial charge in [0, 0.05) is 12.7 Å². The SMILES string of the molecule is COC(C(C)C)C(NN)c1ccccc1OC(C)C. The van der Waals surface area contributed by atoms with Crippen molar-refractivity contribution in [3.05, 3.63) is 29.8 Å². The van der Waals surface area contributed by atoms with E-state index in [4.69, 9.17) is 15.3 Å². The standard InChI is InChI=1S/C15H26N2O2/c1-10(2)15(18-5)14(17-16)12-8-6-7-9-13(12)19-11(3)4/h6-11,14-15,17H,16H2,1-5H3. The van der Waals surface area contributed by atoms with Crippen LogP contribution in [0.2, 0.25) is 0 Å². The Labute approximate surface area is 116 Å². The van der Waals surface area contributed by atoms with Crippen LogP contribution in [0.1, 0.15) is 39.3 Å². The zero-order chi connectivity index (χ0) is 14.4. The number of hydrogen-bond acceptors (Lipinski definition) is 4. The molecule has 2 unspecified atom stereocenters. The molecular formula is C15H26N2O2. The number of nitrogens with two attached hydrogens (primary N) is 1. The highest BCUT2D eigenvalue weighted by atomic mass is 16.5. The van der Waals surface area contributed by atoms with Crippen molar-refractivity contribution in [1.29, 1.82) is 0 Å². The molecule has 3 N–H and O–H groups in total. The van der Waals surface area contributed by atoms with Crippen molar-refractivity contribution >= 4 is 0 Å². The van der Waals surface area contributed by atoms with Crippen LogP contribution in [-0.4, -0.2) is 19.3 Å². The normalized spacial score (nSPS) is 14.7. The first-order valence-corrected chi connectivity index (χ1v) is 6.75. The summed E-state index contributed by atoms with van der Waals surface area (Å²) in [5.74, 6) is 6.93. The lowest BCUT2D eigenvalue weighted by Crippen LogP contribution is -2.40. The molecule has 0 aliphatic heterocycles. The molecule has 1 aromatic carbocycles. The van der Waals surface area contributed by atoms with Gasteiger partial charge in [-0.2, -0.15) is 0 Å². The van der Waals surface area contributed by atoms with Gasteiger partial charge in [-0.3, -0.25) is 11.3 Å². The molecule has 0 saturated carbocycles. The van der Waals surface area contributed by atoms with Crippen LogP contribution in [-0.2, 0) is 4.74 Å². The van der Waals surface area contributed by atoms with E-state index in [1.54, 1.807) is 7.11 Å². The van der Waals surface area contributed by atoms with Gasteiger partial charge in [-0.1, -0.05) is 32.0 Å². The Hall–Kier alpha value is -1.10. The highest BCUT2D eigenvalue weighted by Gasteiger charge is 2.27. The lowest BCUT2D eigenvalue weighted by Gasteiger charge is -2.30. The first-order valence-electron chi connectivity index (χ1n) is 6.75. The second-order valence-electron chi connectivity index (χ2n) is 5.29. The summed E-state index contributed by atoms with van der Waals surface area (Å²) in [4.78, 5) is 0. The quantitative estimate of drug-likeness (QED) is 0.588. The number of hydrazine groups is 1. The predicted octanol–water partition coefficient (Wildman–Crippen LogP) is 2.65. The minimum atomic E-state index is -0.0973. The van der Waals surface area contributed by atoms with Crippen LogP contribution in [0.3, 0.4) is 0 Å². The van der Waals surface area contributed by atoms with Gasteiger partial charge in [-0.05, 0) is 25.8 Å². The average molecular weight is 266 g/mol. The molecule has 0 spiro atoms. The van der Waals surface area contributed by atoms with Gasteiger partial charge in [0.25, 0.3) is 0 Å². The summed E-state index contributed by atoms with van der Waals surface area (Å²) in [6.07, 6.45) is 0.113. The molecule has 4 nitrogen and oxygen atoms in total. The molecule has 4 heteroatoms. The predicted molar refractivity (Wildman–Crippen MR) is 77.9 cm³/mol. The van der Waals surface area contributed by atoms with Crippen LogP contribution in [0, 0.1) is 5.92 Å². The van der Waals surface area contributed by atoms with Crippen LogP contribution < -0.4 is 16.0 Å². The van der Waals surface area contributed by atoms with Gasteiger partial charge in [-0.25, -0.2) is 0 Å². The maximum atomic E-state index is 5.85. The fourth-order valence-corrected chi connectivity index (χ4v) is 2.25. The fourth-order valence-electron chi connectivity index (χ4n) is 2.25. The topological polar surface area (TPSA) is 56.5 Å². The zero-order valence-corrected chi connectivity index (χ0v) is 12.5. The number of hydrogen-bond donors (Lipinski definition) is 2. The van der Waals surface area contributed by atoms with Crippen LogP contribution in [0.4, 0.5) is 0 Å². The van der Waals surface area contributed by atoms with E-state index in [-0.39, 0.29) is 18.2 Å². The van der Waals surface area contributed by atoms with Gasteiger partial charge in [0.1, 0.15) is 5.75 Å². The summed E-state index contributed by atoms with van der Waals surface area (Å²) in [5, 5.41) is 0. The number of methoxy groups -OCH3 is 1. The molecule has 1 aromatic rings.